The molecule has 6 N–H and O–H groups in total. The summed E-state index contributed by atoms with van der Waals surface area (Å²) in [7, 11) is 0. The van der Waals surface area contributed by atoms with Crippen molar-refractivity contribution < 1.29 is 29.4 Å². The summed E-state index contributed by atoms with van der Waals surface area (Å²) in [5, 5.41) is 23.8. The standard InChI is InChI=1S/C18H32N4O6S/c1-4-9(2)14(17(26)22-7-5-6-12(22)18(27)28)21-15(24)11(8-29)20-16(25)13(19)10(3)23/h9-14,23,29H,4-8,19H2,1-3H3,(H,20,25)(H,21,24)(H,27,28). The Morgan fingerprint density at radius 1 is 1.21 bits per heavy atom. The molecule has 11 heteroatoms. The van der Waals surface area contributed by atoms with Crippen LogP contribution in [0.25, 0.3) is 0 Å². The number of likely N-dealkylation sites (tertiary alicyclic amines) is 1. The molecular weight excluding hydrogens is 400 g/mol. The number of hydrogen-bond acceptors (Lipinski definition) is 7. The number of aliphatic hydroxyl groups excluding tert-OH is 1. The van der Waals surface area contributed by atoms with Crippen LogP contribution in [0.4, 0.5) is 0 Å². The highest BCUT2D eigenvalue weighted by Crippen LogP contribution is 2.21. The first-order valence-electron chi connectivity index (χ1n) is 9.73. The van der Waals surface area contributed by atoms with Gasteiger partial charge in [-0.25, -0.2) is 4.79 Å². The molecule has 0 aromatic rings. The van der Waals surface area contributed by atoms with Crippen LogP contribution in [0.3, 0.4) is 0 Å². The average molecular weight is 433 g/mol. The van der Waals surface area contributed by atoms with Gasteiger partial charge in [-0.15, -0.1) is 0 Å². The van der Waals surface area contributed by atoms with Crippen LogP contribution in [0.5, 0.6) is 0 Å². The lowest BCUT2D eigenvalue weighted by atomic mass is 9.97. The molecule has 10 nitrogen and oxygen atoms in total. The van der Waals surface area contributed by atoms with E-state index in [9.17, 15) is 29.4 Å². The van der Waals surface area contributed by atoms with E-state index in [2.05, 4.69) is 23.3 Å². The van der Waals surface area contributed by atoms with Crippen LogP contribution < -0.4 is 16.4 Å². The van der Waals surface area contributed by atoms with Gasteiger partial charge in [-0.1, -0.05) is 20.3 Å². The fraction of sp³-hybridized carbons (Fsp3) is 0.778. The van der Waals surface area contributed by atoms with Crippen molar-refractivity contribution in [3.8, 4) is 0 Å². The Balaban J connectivity index is 2.93. The maximum Gasteiger partial charge on any atom is 0.326 e. The fourth-order valence-corrected chi connectivity index (χ4v) is 3.34. The predicted octanol–water partition coefficient (Wildman–Crippen LogP) is -1.28. The summed E-state index contributed by atoms with van der Waals surface area (Å²) < 4.78 is 0. The lowest BCUT2D eigenvalue weighted by Gasteiger charge is -2.31. The van der Waals surface area contributed by atoms with Crippen LogP contribution in [0.2, 0.25) is 0 Å². The van der Waals surface area contributed by atoms with Crippen LogP contribution >= 0.6 is 12.6 Å². The quantitative estimate of drug-likeness (QED) is 0.234. The van der Waals surface area contributed by atoms with Crippen molar-refractivity contribution in [1.82, 2.24) is 15.5 Å². The van der Waals surface area contributed by atoms with Crippen molar-refractivity contribution in [1.29, 1.82) is 0 Å². The van der Waals surface area contributed by atoms with Gasteiger partial charge in [0.15, 0.2) is 0 Å². The molecule has 1 fully saturated rings. The van der Waals surface area contributed by atoms with E-state index < -0.39 is 54.0 Å². The molecule has 6 unspecified atom stereocenters. The number of hydrogen-bond donors (Lipinski definition) is 6. The van der Waals surface area contributed by atoms with Gasteiger partial charge in [0.25, 0.3) is 0 Å². The maximum atomic E-state index is 13.0. The van der Waals surface area contributed by atoms with Crippen molar-refractivity contribution in [3.63, 3.8) is 0 Å². The number of aliphatic carboxylic acids is 1. The molecule has 29 heavy (non-hydrogen) atoms. The number of nitrogens with two attached hydrogens (primary N) is 1. The van der Waals surface area contributed by atoms with E-state index in [1.54, 1.807) is 6.92 Å². The zero-order valence-corrected chi connectivity index (χ0v) is 17.9. The predicted molar refractivity (Wildman–Crippen MR) is 109 cm³/mol. The lowest BCUT2D eigenvalue weighted by Crippen LogP contribution is -2.59. The van der Waals surface area contributed by atoms with E-state index in [1.165, 1.54) is 11.8 Å². The minimum absolute atomic E-state index is 0.0486. The van der Waals surface area contributed by atoms with Gasteiger partial charge in [0.2, 0.25) is 17.7 Å². The highest BCUT2D eigenvalue weighted by atomic mass is 32.1. The van der Waals surface area contributed by atoms with Gasteiger partial charge in [0.1, 0.15) is 24.2 Å². The van der Waals surface area contributed by atoms with Gasteiger partial charge in [-0.05, 0) is 25.7 Å². The second-order valence-corrected chi connectivity index (χ2v) is 7.77. The Morgan fingerprint density at radius 2 is 1.83 bits per heavy atom. The molecule has 0 bridgehead atoms. The first-order valence-corrected chi connectivity index (χ1v) is 10.4. The molecule has 0 aromatic heterocycles. The van der Waals surface area contributed by atoms with E-state index in [1.807, 2.05) is 6.92 Å². The number of thiol groups is 1. The molecule has 166 valence electrons. The summed E-state index contributed by atoms with van der Waals surface area (Å²) in [6, 6.07) is -4.12. The zero-order valence-electron chi connectivity index (χ0n) is 17.0. The van der Waals surface area contributed by atoms with Gasteiger partial charge in [0, 0.05) is 12.3 Å². The summed E-state index contributed by atoms with van der Waals surface area (Å²) in [5.41, 5.74) is 5.57. The van der Waals surface area contributed by atoms with E-state index in [-0.39, 0.29) is 11.7 Å². The third kappa shape index (κ3) is 6.58. The summed E-state index contributed by atoms with van der Waals surface area (Å²) in [4.78, 5) is 50.5. The minimum Gasteiger partial charge on any atom is -0.480 e. The molecule has 1 rings (SSSR count). The number of aliphatic hydroxyl groups is 1. The van der Waals surface area contributed by atoms with Crippen molar-refractivity contribution in [2.24, 2.45) is 11.7 Å². The number of amides is 3. The molecule has 0 radical (unpaired) electrons. The van der Waals surface area contributed by atoms with Crippen molar-refractivity contribution in [3.05, 3.63) is 0 Å². The zero-order chi connectivity index (χ0) is 22.3. The number of carbonyl (C=O) groups is 4. The van der Waals surface area contributed by atoms with Gasteiger partial charge < -0.3 is 31.5 Å². The third-order valence-corrected chi connectivity index (χ3v) is 5.60. The Kier molecular flexibility index (Phi) is 9.87. The van der Waals surface area contributed by atoms with E-state index in [0.717, 1.165) is 0 Å². The highest BCUT2D eigenvalue weighted by Gasteiger charge is 2.39. The van der Waals surface area contributed by atoms with Crippen LogP contribution in [0.15, 0.2) is 0 Å². The third-order valence-electron chi connectivity index (χ3n) is 5.24. The fourth-order valence-electron chi connectivity index (χ4n) is 3.08. The maximum absolute atomic E-state index is 13.0. The number of nitrogens with one attached hydrogen (secondary N) is 2. The molecule has 0 aromatic carbocycles. The van der Waals surface area contributed by atoms with Gasteiger partial charge >= 0.3 is 5.97 Å². The second kappa shape index (κ2) is 11.4. The second-order valence-electron chi connectivity index (χ2n) is 7.41. The van der Waals surface area contributed by atoms with Gasteiger partial charge in [-0.2, -0.15) is 12.6 Å². The van der Waals surface area contributed by atoms with Crippen LogP contribution in [0, 0.1) is 5.92 Å². The van der Waals surface area contributed by atoms with Crippen LogP contribution in [0.1, 0.15) is 40.0 Å². The first kappa shape index (κ1) is 25.2. The van der Waals surface area contributed by atoms with Crippen molar-refractivity contribution in [2.45, 2.75) is 70.3 Å². The van der Waals surface area contributed by atoms with E-state index in [0.29, 0.717) is 25.8 Å². The molecular formula is C18H32N4O6S. The molecule has 0 saturated carbocycles. The SMILES string of the molecule is CCC(C)C(NC(=O)C(CS)NC(=O)C(N)C(C)O)C(=O)N1CCCC1C(=O)O. The Bertz CT molecular complexity index is 617. The molecule has 3 amide bonds. The van der Waals surface area contributed by atoms with Crippen LogP contribution in [-0.4, -0.2) is 81.4 Å². The van der Waals surface area contributed by atoms with Crippen LogP contribution in [-0.2, 0) is 19.2 Å². The molecule has 0 aliphatic carbocycles. The normalized spacial score (nSPS) is 21.6. The molecule has 1 aliphatic rings. The van der Waals surface area contributed by atoms with E-state index in [4.69, 9.17) is 5.73 Å². The first-order chi connectivity index (χ1) is 13.5. The molecule has 0 spiro atoms. The minimum atomic E-state index is -1.21. The number of carboxylic acids is 1. The molecule has 1 saturated heterocycles. The Morgan fingerprint density at radius 3 is 2.31 bits per heavy atom. The number of nitrogens with zero attached hydrogens (tertiary/aromatic N) is 1. The summed E-state index contributed by atoms with van der Waals surface area (Å²) in [5.74, 6) is -3.17. The topological polar surface area (TPSA) is 162 Å². The van der Waals surface area contributed by atoms with Crippen molar-refractivity contribution in [2.75, 3.05) is 12.3 Å². The van der Waals surface area contributed by atoms with E-state index >= 15 is 0 Å². The number of rotatable bonds is 10. The summed E-state index contributed by atoms with van der Waals surface area (Å²) >= 11 is 4.08. The highest BCUT2D eigenvalue weighted by molar-refractivity contribution is 7.80. The largest absolute Gasteiger partial charge is 0.480 e. The molecule has 1 aliphatic heterocycles. The monoisotopic (exact) mass is 432 g/mol. The molecule has 1 heterocycles. The van der Waals surface area contributed by atoms with Gasteiger partial charge in [-0.3, -0.25) is 14.4 Å². The lowest BCUT2D eigenvalue weighted by molar-refractivity contribution is -0.150. The Hall–Kier alpha value is -1.85. The number of carbonyl (C=O) groups excluding carboxylic acids is 3. The number of carboxylic acid groups (broad SMARTS) is 1. The molecule has 6 atom stereocenters. The Labute approximate surface area is 176 Å². The van der Waals surface area contributed by atoms with Gasteiger partial charge in [0.05, 0.1) is 6.10 Å². The average Bonchev–Trinajstić information content (AvgIpc) is 3.18. The summed E-state index contributed by atoms with van der Waals surface area (Å²) in [6.45, 7) is 5.31. The smallest absolute Gasteiger partial charge is 0.326 e. The summed E-state index contributed by atoms with van der Waals surface area (Å²) in [6.07, 6.45) is 0.425. The van der Waals surface area contributed by atoms with Crippen molar-refractivity contribution >= 4 is 36.3 Å².